The third-order valence-corrected chi connectivity index (χ3v) is 12.1. The van der Waals surface area contributed by atoms with Crippen molar-refractivity contribution in [3.05, 3.63) is 231 Å². The minimum Gasteiger partial charge on any atom is -0.309 e. The Labute approximate surface area is 359 Å². The maximum absolute atomic E-state index is 5.14. The number of para-hydroxylation sites is 3. The highest BCUT2D eigenvalue weighted by Gasteiger charge is 2.18. The summed E-state index contributed by atoms with van der Waals surface area (Å²) in [5.74, 6) is 0.697. The van der Waals surface area contributed by atoms with Crippen molar-refractivity contribution in [3.63, 3.8) is 0 Å². The first-order chi connectivity index (χ1) is 30.7. The number of fused-ring (bicyclic) bond motifs is 6. The molecule has 3 aromatic heterocycles. The lowest BCUT2D eigenvalue weighted by molar-refractivity contribution is 1.18. The zero-order valence-corrected chi connectivity index (χ0v) is 33.7. The molecule has 0 fully saturated rings. The molecule has 0 spiro atoms. The van der Waals surface area contributed by atoms with Gasteiger partial charge in [0, 0.05) is 49.6 Å². The molecule has 3 heterocycles. The fraction of sp³-hybridized carbons (Fsp3) is 0. The van der Waals surface area contributed by atoms with Crippen LogP contribution in [0.4, 0.5) is 0 Å². The number of hydrogen-bond acceptors (Lipinski definition) is 2. The summed E-state index contributed by atoms with van der Waals surface area (Å²) in [6.07, 6.45) is 0. The fourth-order valence-electron chi connectivity index (χ4n) is 9.26. The third-order valence-electron chi connectivity index (χ3n) is 12.1. The monoisotopic (exact) mass is 790 g/mol. The average Bonchev–Trinajstić information content (AvgIpc) is 3.87. The van der Waals surface area contributed by atoms with Crippen LogP contribution in [0.2, 0.25) is 0 Å². The quantitative estimate of drug-likeness (QED) is 0.161. The van der Waals surface area contributed by atoms with E-state index in [0.717, 1.165) is 50.5 Å². The van der Waals surface area contributed by atoms with Gasteiger partial charge in [-0.3, -0.25) is 0 Å². The van der Waals surface area contributed by atoms with Gasteiger partial charge in [-0.1, -0.05) is 164 Å². The Morgan fingerprint density at radius 1 is 0.274 bits per heavy atom. The van der Waals surface area contributed by atoms with Crippen LogP contribution in [0.5, 0.6) is 0 Å². The highest BCUT2D eigenvalue weighted by molar-refractivity contribution is 6.16. The Balaban J connectivity index is 0.950. The number of hydrogen-bond donors (Lipinski definition) is 0. The summed E-state index contributed by atoms with van der Waals surface area (Å²) in [6.45, 7) is 0. The van der Waals surface area contributed by atoms with E-state index >= 15 is 0 Å². The minimum absolute atomic E-state index is 0.697. The smallest absolute Gasteiger partial charge is 0.160 e. The molecule has 0 saturated carbocycles. The molecule has 0 atom stereocenters. The van der Waals surface area contributed by atoms with Crippen LogP contribution in [-0.2, 0) is 0 Å². The van der Waals surface area contributed by atoms with Gasteiger partial charge in [-0.2, -0.15) is 0 Å². The van der Waals surface area contributed by atoms with Crippen LogP contribution in [0.3, 0.4) is 0 Å². The van der Waals surface area contributed by atoms with Crippen molar-refractivity contribution in [2.24, 2.45) is 0 Å². The van der Waals surface area contributed by atoms with Crippen LogP contribution in [0.25, 0.3) is 111 Å². The molecule has 62 heavy (non-hydrogen) atoms. The van der Waals surface area contributed by atoms with Crippen LogP contribution in [0, 0.1) is 0 Å². The topological polar surface area (TPSA) is 35.6 Å². The van der Waals surface area contributed by atoms with Crippen molar-refractivity contribution in [2.75, 3.05) is 0 Å². The number of rotatable bonds is 7. The largest absolute Gasteiger partial charge is 0.309 e. The van der Waals surface area contributed by atoms with E-state index in [1.807, 2.05) is 12.1 Å². The lowest BCUT2D eigenvalue weighted by Gasteiger charge is -2.12. The van der Waals surface area contributed by atoms with Crippen molar-refractivity contribution >= 4 is 43.6 Å². The molecule has 0 radical (unpaired) electrons. The zero-order chi connectivity index (χ0) is 41.0. The van der Waals surface area contributed by atoms with Crippen molar-refractivity contribution in [3.8, 4) is 67.5 Å². The molecular formula is C58H38N4. The summed E-state index contributed by atoms with van der Waals surface area (Å²) < 4.78 is 4.76. The zero-order valence-electron chi connectivity index (χ0n) is 33.7. The third kappa shape index (κ3) is 6.00. The first kappa shape index (κ1) is 35.6. The van der Waals surface area contributed by atoms with Gasteiger partial charge in [0.15, 0.2) is 5.82 Å². The predicted molar refractivity (Wildman–Crippen MR) is 258 cm³/mol. The molecule has 4 nitrogen and oxygen atoms in total. The van der Waals surface area contributed by atoms with E-state index in [-0.39, 0.29) is 0 Å². The van der Waals surface area contributed by atoms with Gasteiger partial charge in [0.25, 0.3) is 0 Å². The molecule has 0 N–H and O–H groups in total. The molecule has 0 aliphatic carbocycles. The van der Waals surface area contributed by atoms with Gasteiger partial charge < -0.3 is 9.13 Å². The van der Waals surface area contributed by atoms with Crippen molar-refractivity contribution in [1.82, 2.24) is 19.1 Å². The Morgan fingerprint density at radius 2 is 0.774 bits per heavy atom. The molecule has 0 unspecified atom stereocenters. The predicted octanol–water partition coefficient (Wildman–Crippen LogP) is 15.0. The second kappa shape index (κ2) is 14.7. The second-order valence-electron chi connectivity index (χ2n) is 15.8. The van der Waals surface area contributed by atoms with Gasteiger partial charge in [-0.25, -0.2) is 9.97 Å². The van der Waals surface area contributed by atoms with E-state index in [0.29, 0.717) is 5.82 Å². The molecule has 0 aliphatic heterocycles. The molecule has 4 heteroatoms. The van der Waals surface area contributed by atoms with Crippen LogP contribution in [0.1, 0.15) is 0 Å². The molecule has 9 aromatic carbocycles. The standard InChI is InChI=1S/C58H38N4/c1-4-16-40(17-5-1)51-38-52(41-18-6-2-7-19-41)60-58(59-51)44-21-14-20-43(36-44)47-26-15-29-56-57(47)49-25-11-13-28-54(49)62(56)46-33-30-39(31-34-46)42-32-35-55-50(37-42)48-24-10-12-27-53(48)61(55)45-22-8-3-9-23-45/h1-38H. The Kier molecular flexibility index (Phi) is 8.46. The molecule has 0 bridgehead atoms. The summed E-state index contributed by atoms with van der Waals surface area (Å²) in [7, 11) is 0. The summed E-state index contributed by atoms with van der Waals surface area (Å²) in [5, 5.41) is 4.92. The maximum Gasteiger partial charge on any atom is 0.160 e. The normalized spacial score (nSPS) is 11.5. The molecule has 290 valence electrons. The van der Waals surface area contributed by atoms with Crippen molar-refractivity contribution < 1.29 is 0 Å². The van der Waals surface area contributed by atoms with Crippen LogP contribution in [-0.4, -0.2) is 19.1 Å². The number of nitrogens with zero attached hydrogens (tertiary/aromatic N) is 4. The Bertz CT molecular complexity index is 3550. The van der Waals surface area contributed by atoms with Gasteiger partial charge in [-0.15, -0.1) is 0 Å². The molecule has 12 aromatic rings. The van der Waals surface area contributed by atoms with E-state index in [9.17, 15) is 0 Å². The van der Waals surface area contributed by atoms with Gasteiger partial charge in [0.1, 0.15) is 0 Å². The lowest BCUT2D eigenvalue weighted by Crippen LogP contribution is -1.96. The van der Waals surface area contributed by atoms with Crippen LogP contribution in [0.15, 0.2) is 231 Å². The molecule has 0 aliphatic rings. The van der Waals surface area contributed by atoms with Gasteiger partial charge in [0.05, 0.1) is 33.5 Å². The first-order valence-electron chi connectivity index (χ1n) is 21.1. The van der Waals surface area contributed by atoms with Crippen molar-refractivity contribution in [2.45, 2.75) is 0 Å². The van der Waals surface area contributed by atoms with Gasteiger partial charge in [-0.05, 0) is 89.0 Å². The van der Waals surface area contributed by atoms with Crippen LogP contribution >= 0.6 is 0 Å². The molecule has 12 rings (SSSR count). The van der Waals surface area contributed by atoms with E-state index < -0.39 is 0 Å². The number of aromatic nitrogens is 4. The summed E-state index contributed by atoms with van der Waals surface area (Å²) in [6, 6.07) is 82.1. The molecule has 0 amide bonds. The SMILES string of the molecule is c1ccc(-c2cc(-c3ccccc3)nc(-c3cccc(-c4cccc5c4c4ccccc4n5-c4ccc(-c5ccc6c(c5)c5ccccc5n6-c5ccccc5)cc4)c3)n2)cc1. The Morgan fingerprint density at radius 3 is 1.48 bits per heavy atom. The van der Waals surface area contributed by atoms with E-state index in [1.54, 1.807) is 0 Å². The molecular weight excluding hydrogens is 753 g/mol. The molecule has 0 saturated heterocycles. The summed E-state index contributed by atoms with van der Waals surface area (Å²) >= 11 is 0. The first-order valence-corrected chi connectivity index (χ1v) is 21.1. The maximum atomic E-state index is 5.14. The Hall–Kier alpha value is -8.34. The highest BCUT2D eigenvalue weighted by Crippen LogP contribution is 2.41. The highest BCUT2D eigenvalue weighted by atomic mass is 15.0. The van der Waals surface area contributed by atoms with E-state index in [4.69, 9.17) is 9.97 Å². The van der Waals surface area contributed by atoms with E-state index in [1.165, 1.54) is 54.8 Å². The fourth-order valence-corrected chi connectivity index (χ4v) is 9.26. The lowest BCUT2D eigenvalue weighted by atomic mass is 9.97. The summed E-state index contributed by atoms with van der Waals surface area (Å²) in [4.78, 5) is 10.3. The second-order valence-corrected chi connectivity index (χ2v) is 15.8. The minimum atomic E-state index is 0.697. The van der Waals surface area contributed by atoms with Gasteiger partial charge >= 0.3 is 0 Å². The average molecular weight is 791 g/mol. The van der Waals surface area contributed by atoms with E-state index in [2.05, 4.69) is 228 Å². The van der Waals surface area contributed by atoms with Crippen LogP contribution < -0.4 is 0 Å². The van der Waals surface area contributed by atoms with Gasteiger partial charge in [0.2, 0.25) is 0 Å². The summed E-state index contributed by atoms with van der Waals surface area (Å²) in [5.41, 5.74) is 16.6. The number of benzene rings is 9. The van der Waals surface area contributed by atoms with Crippen molar-refractivity contribution in [1.29, 1.82) is 0 Å².